The maximum absolute atomic E-state index is 12.3. The molecule has 1 saturated heterocycles. The molecule has 1 fully saturated rings. The lowest BCUT2D eigenvalue weighted by molar-refractivity contribution is 0.316. The first-order chi connectivity index (χ1) is 12.3. The van der Waals surface area contributed by atoms with Crippen LogP contribution < -0.4 is 10.5 Å². The Morgan fingerprint density at radius 1 is 1.16 bits per heavy atom. The number of aryl methyl sites for hydroxylation is 2. The zero-order chi connectivity index (χ0) is 16.8. The van der Waals surface area contributed by atoms with Crippen LogP contribution in [-0.2, 0) is 19.4 Å². The number of hydrogen-bond acceptors (Lipinski definition) is 5. The van der Waals surface area contributed by atoms with Crippen LogP contribution in [0.1, 0.15) is 24.1 Å². The number of anilines is 1. The van der Waals surface area contributed by atoms with Gasteiger partial charge in [-0.3, -0.25) is 4.79 Å². The van der Waals surface area contributed by atoms with Crippen LogP contribution in [0, 0.1) is 5.92 Å². The minimum Gasteiger partial charge on any atom is -0.423 e. The Balaban J connectivity index is 1.29. The van der Waals surface area contributed by atoms with Crippen molar-refractivity contribution in [1.29, 1.82) is 0 Å². The molecular formula is C19H20N4O2. The number of hydrogen-bond donors (Lipinski definition) is 0. The molecule has 1 aliphatic heterocycles. The number of fused-ring (bicyclic) bond motifs is 2. The van der Waals surface area contributed by atoms with Crippen molar-refractivity contribution >= 4 is 17.1 Å². The molecule has 0 spiro atoms. The summed E-state index contributed by atoms with van der Waals surface area (Å²) in [5.41, 5.74) is 3.98. The van der Waals surface area contributed by atoms with E-state index in [-0.39, 0.29) is 5.56 Å². The molecule has 0 saturated carbocycles. The Labute approximate surface area is 145 Å². The molecule has 1 aliphatic carbocycles. The summed E-state index contributed by atoms with van der Waals surface area (Å²) in [4.78, 5) is 18.9. The van der Waals surface area contributed by atoms with Gasteiger partial charge in [0.15, 0.2) is 5.58 Å². The molecule has 0 bridgehead atoms. The summed E-state index contributed by atoms with van der Waals surface area (Å²) in [6, 6.07) is 10.3. The molecule has 0 radical (unpaired) electrons. The highest BCUT2D eigenvalue weighted by Gasteiger charge is 2.31. The van der Waals surface area contributed by atoms with E-state index in [1.165, 1.54) is 12.8 Å². The summed E-state index contributed by atoms with van der Waals surface area (Å²) in [6.45, 7) is 2.36. The van der Waals surface area contributed by atoms with E-state index < -0.39 is 0 Å². The summed E-state index contributed by atoms with van der Waals surface area (Å²) < 4.78 is 7.45. The third-order valence-electron chi connectivity index (χ3n) is 5.22. The molecule has 0 N–H and O–H groups in total. The lowest BCUT2D eigenvalue weighted by Gasteiger charge is -2.38. The van der Waals surface area contributed by atoms with E-state index in [1.807, 2.05) is 24.3 Å². The second-order valence-corrected chi connectivity index (χ2v) is 7.08. The average Bonchev–Trinajstić information content (AvgIpc) is 3.01. The largest absolute Gasteiger partial charge is 0.423 e. The lowest BCUT2D eigenvalue weighted by atomic mass is 9.97. The van der Waals surface area contributed by atoms with Crippen LogP contribution >= 0.6 is 0 Å². The van der Waals surface area contributed by atoms with Gasteiger partial charge in [-0.25, -0.2) is 4.68 Å². The number of nitrogens with zero attached hydrogens (tertiary/aromatic N) is 4. The van der Waals surface area contributed by atoms with E-state index in [0.29, 0.717) is 18.5 Å². The normalized spacial score (nSPS) is 17.5. The Bertz CT molecular complexity index is 951. The minimum atomic E-state index is 0.0287. The van der Waals surface area contributed by atoms with Crippen LogP contribution in [0.3, 0.4) is 0 Å². The smallest absolute Gasteiger partial charge is 0.298 e. The van der Waals surface area contributed by atoms with Crippen molar-refractivity contribution in [3.8, 4) is 0 Å². The van der Waals surface area contributed by atoms with Crippen molar-refractivity contribution in [2.45, 2.75) is 32.2 Å². The monoisotopic (exact) mass is 336 g/mol. The summed E-state index contributed by atoms with van der Waals surface area (Å²) in [5.74, 6) is 0.404. The van der Waals surface area contributed by atoms with Crippen molar-refractivity contribution in [3.63, 3.8) is 0 Å². The third-order valence-corrected chi connectivity index (χ3v) is 5.22. The van der Waals surface area contributed by atoms with Crippen molar-refractivity contribution < 1.29 is 4.42 Å². The maximum atomic E-state index is 12.3. The topological polar surface area (TPSA) is 64.2 Å². The number of benzene rings is 1. The first-order valence-corrected chi connectivity index (χ1v) is 8.97. The average molecular weight is 336 g/mol. The fraction of sp³-hybridized carbons (Fsp3) is 0.421. The van der Waals surface area contributed by atoms with Gasteiger partial charge in [-0.15, -0.1) is 0 Å². The van der Waals surface area contributed by atoms with Crippen LogP contribution in [0.25, 0.3) is 11.1 Å². The summed E-state index contributed by atoms with van der Waals surface area (Å²) in [6.07, 6.45) is 4.33. The van der Waals surface area contributed by atoms with Gasteiger partial charge in [0.05, 0.1) is 12.2 Å². The number of para-hydroxylation sites is 2. The van der Waals surface area contributed by atoms with Crippen LogP contribution in [-0.4, -0.2) is 27.9 Å². The molecule has 3 aromatic rings. The van der Waals surface area contributed by atoms with Crippen LogP contribution in [0.5, 0.6) is 0 Å². The van der Waals surface area contributed by atoms with E-state index >= 15 is 0 Å². The molecule has 2 aromatic heterocycles. The highest BCUT2D eigenvalue weighted by atomic mass is 16.4. The summed E-state index contributed by atoms with van der Waals surface area (Å²) in [7, 11) is 0. The second kappa shape index (κ2) is 5.72. The van der Waals surface area contributed by atoms with Gasteiger partial charge >= 0.3 is 0 Å². The Kier molecular flexibility index (Phi) is 3.36. The van der Waals surface area contributed by atoms with Gasteiger partial charge < -0.3 is 9.32 Å². The molecule has 3 heterocycles. The highest BCUT2D eigenvalue weighted by Crippen LogP contribution is 2.28. The second-order valence-electron chi connectivity index (χ2n) is 7.08. The summed E-state index contributed by atoms with van der Waals surface area (Å²) >= 11 is 0. The van der Waals surface area contributed by atoms with Gasteiger partial charge in [0.1, 0.15) is 5.52 Å². The standard InChI is InChI=1S/C19H20N4O2/c24-18-9-14-5-1-2-6-15(14)21-23(18)12-13-10-22(11-13)19-20-16-7-3-4-8-17(16)25-19/h3-4,7-9,13H,1-2,5-6,10-12H2. The molecule has 128 valence electrons. The van der Waals surface area contributed by atoms with E-state index in [4.69, 9.17) is 4.42 Å². The Morgan fingerprint density at radius 3 is 2.88 bits per heavy atom. The van der Waals surface area contributed by atoms with Crippen molar-refractivity contribution in [1.82, 2.24) is 14.8 Å². The van der Waals surface area contributed by atoms with Crippen LogP contribution in [0.2, 0.25) is 0 Å². The van der Waals surface area contributed by atoms with Gasteiger partial charge in [-0.1, -0.05) is 12.1 Å². The van der Waals surface area contributed by atoms with Crippen molar-refractivity contribution in [2.24, 2.45) is 5.92 Å². The van der Waals surface area contributed by atoms with Gasteiger partial charge in [0.2, 0.25) is 0 Å². The zero-order valence-corrected chi connectivity index (χ0v) is 14.0. The van der Waals surface area contributed by atoms with Gasteiger partial charge in [0, 0.05) is 25.1 Å². The molecule has 1 aromatic carbocycles. The first kappa shape index (κ1) is 14.7. The van der Waals surface area contributed by atoms with Gasteiger partial charge in [0.25, 0.3) is 11.6 Å². The predicted octanol–water partition coefficient (Wildman–Crippen LogP) is 2.40. The van der Waals surface area contributed by atoms with Crippen molar-refractivity contribution in [2.75, 3.05) is 18.0 Å². The van der Waals surface area contributed by atoms with Crippen LogP contribution in [0.15, 0.2) is 39.5 Å². The number of rotatable bonds is 3. The fourth-order valence-electron chi connectivity index (χ4n) is 3.81. The molecule has 6 heteroatoms. The molecule has 0 amide bonds. The maximum Gasteiger partial charge on any atom is 0.298 e. The van der Waals surface area contributed by atoms with Gasteiger partial charge in [-0.2, -0.15) is 10.1 Å². The predicted molar refractivity (Wildman–Crippen MR) is 94.9 cm³/mol. The van der Waals surface area contributed by atoms with E-state index in [0.717, 1.165) is 48.3 Å². The fourth-order valence-corrected chi connectivity index (χ4v) is 3.81. The van der Waals surface area contributed by atoms with Crippen molar-refractivity contribution in [3.05, 3.63) is 51.9 Å². The molecule has 25 heavy (non-hydrogen) atoms. The first-order valence-electron chi connectivity index (χ1n) is 8.97. The summed E-state index contributed by atoms with van der Waals surface area (Å²) in [5, 5.41) is 4.61. The molecule has 5 rings (SSSR count). The molecular weight excluding hydrogens is 316 g/mol. The van der Waals surface area contributed by atoms with Crippen LogP contribution in [0.4, 0.5) is 6.01 Å². The Hall–Kier alpha value is -2.63. The van der Waals surface area contributed by atoms with E-state index in [9.17, 15) is 4.79 Å². The molecule has 0 unspecified atom stereocenters. The molecule has 0 atom stereocenters. The highest BCUT2D eigenvalue weighted by molar-refractivity contribution is 5.74. The van der Waals surface area contributed by atoms with Gasteiger partial charge in [-0.05, 0) is 43.4 Å². The molecule has 2 aliphatic rings. The number of oxazole rings is 1. The quantitative estimate of drug-likeness (QED) is 0.735. The van der Waals surface area contributed by atoms with E-state index in [1.54, 1.807) is 10.7 Å². The Morgan fingerprint density at radius 2 is 2.00 bits per heavy atom. The minimum absolute atomic E-state index is 0.0287. The number of aromatic nitrogens is 3. The zero-order valence-electron chi connectivity index (χ0n) is 14.0. The SMILES string of the molecule is O=c1cc2c(nn1CC1CN(c3nc4ccccc4o3)C1)CCCC2. The third kappa shape index (κ3) is 2.62. The molecule has 6 nitrogen and oxygen atoms in total. The lowest BCUT2D eigenvalue weighted by Crippen LogP contribution is -2.50. The van der Waals surface area contributed by atoms with E-state index in [2.05, 4.69) is 15.0 Å².